The Labute approximate surface area is 216 Å². The SMILES string of the molecule is CCCN1C(=O)NC(c2ccc(NC(=O)c3cc(OC)cc(OC)c3)cc2)C(C(=O)OCCOC)=C1C. The lowest BCUT2D eigenvalue weighted by molar-refractivity contribution is -0.140. The quantitative estimate of drug-likeness (QED) is 0.347. The van der Waals surface area contributed by atoms with E-state index in [0.717, 1.165) is 6.42 Å². The van der Waals surface area contributed by atoms with E-state index in [1.54, 1.807) is 54.3 Å². The van der Waals surface area contributed by atoms with E-state index in [2.05, 4.69) is 10.6 Å². The molecule has 3 amide bonds. The second-order valence-corrected chi connectivity index (χ2v) is 8.34. The Morgan fingerprint density at radius 1 is 1.00 bits per heavy atom. The second-order valence-electron chi connectivity index (χ2n) is 8.34. The Bertz CT molecular complexity index is 1140. The van der Waals surface area contributed by atoms with Crippen LogP contribution in [0.1, 0.15) is 42.2 Å². The van der Waals surface area contributed by atoms with E-state index in [1.807, 2.05) is 6.92 Å². The summed E-state index contributed by atoms with van der Waals surface area (Å²) in [6.07, 6.45) is 0.731. The molecule has 0 bridgehead atoms. The molecule has 1 aliphatic rings. The highest BCUT2D eigenvalue weighted by molar-refractivity contribution is 6.04. The fraction of sp³-hybridized carbons (Fsp3) is 0.370. The van der Waals surface area contributed by atoms with Crippen molar-refractivity contribution >= 4 is 23.6 Å². The summed E-state index contributed by atoms with van der Waals surface area (Å²) in [7, 11) is 4.55. The van der Waals surface area contributed by atoms with Gasteiger partial charge in [-0.25, -0.2) is 9.59 Å². The van der Waals surface area contributed by atoms with Gasteiger partial charge in [0.25, 0.3) is 5.91 Å². The first kappa shape index (κ1) is 27.5. The van der Waals surface area contributed by atoms with Gasteiger partial charge in [0, 0.05) is 36.7 Å². The van der Waals surface area contributed by atoms with Crippen molar-refractivity contribution in [3.8, 4) is 11.5 Å². The predicted octanol–water partition coefficient (Wildman–Crippen LogP) is 3.90. The summed E-state index contributed by atoms with van der Waals surface area (Å²) in [5, 5.41) is 5.75. The third kappa shape index (κ3) is 6.59. The van der Waals surface area contributed by atoms with Crippen molar-refractivity contribution in [3.05, 3.63) is 64.9 Å². The third-order valence-electron chi connectivity index (χ3n) is 5.90. The molecular weight excluding hydrogens is 478 g/mol. The minimum atomic E-state index is -0.706. The maximum atomic E-state index is 13.0. The van der Waals surface area contributed by atoms with Gasteiger partial charge in [-0.3, -0.25) is 9.69 Å². The van der Waals surface area contributed by atoms with E-state index < -0.39 is 12.0 Å². The number of methoxy groups -OCH3 is 3. The maximum absolute atomic E-state index is 13.0. The number of hydrogen-bond donors (Lipinski definition) is 2. The molecule has 0 aromatic heterocycles. The molecule has 1 heterocycles. The molecule has 0 radical (unpaired) electrons. The number of esters is 1. The molecule has 0 saturated heterocycles. The van der Waals surface area contributed by atoms with Gasteiger partial charge in [0.05, 0.1) is 32.4 Å². The summed E-state index contributed by atoms with van der Waals surface area (Å²) < 4.78 is 20.8. The number of anilines is 1. The number of urea groups is 1. The molecule has 3 rings (SSSR count). The van der Waals surface area contributed by atoms with Gasteiger partial charge in [0.2, 0.25) is 0 Å². The lowest BCUT2D eigenvalue weighted by atomic mass is 9.94. The van der Waals surface area contributed by atoms with E-state index in [-0.39, 0.29) is 25.2 Å². The van der Waals surface area contributed by atoms with Crippen LogP contribution in [0.3, 0.4) is 0 Å². The number of ether oxygens (including phenoxy) is 4. The molecule has 198 valence electrons. The first-order valence-electron chi connectivity index (χ1n) is 11.9. The van der Waals surface area contributed by atoms with Gasteiger partial charge in [0.1, 0.15) is 18.1 Å². The summed E-state index contributed by atoms with van der Waals surface area (Å²) in [6.45, 7) is 4.53. The molecule has 1 unspecified atom stereocenters. The van der Waals surface area contributed by atoms with E-state index in [0.29, 0.717) is 46.1 Å². The van der Waals surface area contributed by atoms with Crippen molar-refractivity contribution in [2.24, 2.45) is 0 Å². The minimum absolute atomic E-state index is 0.0978. The average molecular weight is 512 g/mol. The van der Waals surface area contributed by atoms with Crippen molar-refractivity contribution in [2.45, 2.75) is 26.3 Å². The number of hydrogen-bond acceptors (Lipinski definition) is 7. The fourth-order valence-electron chi connectivity index (χ4n) is 3.98. The molecule has 10 heteroatoms. The van der Waals surface area contributed by atoms with Crippen LogP contribution in [0, 0.1) is 0 Å². The normalized spacial score (nSPS) is 15.2. The largest absolute Gasteiger partial charge is 0.497 e. The number of rotatable bonds is 11. The van der Waals surface area contributed by atoms with Crippen LogP contribution in [0.2, 0.25) is 0 Å². The smallest absolute Gasteiger partial charge is 0.338 e. The Morgan fingerprint density at radius 2 is 1.65 bits per heavy atom. The summed E-state index contributed by atoms with van der Waals surface area (Å²) in [6, 6.07) is 10.8. The molecular formula is C27H33N3O7. The van der Waals surface area contributed by atoms with Gasteiger partial charge < -0.3 is 29.6 Å². The van der Waals surface area contributed by atoms with Crippen LogP contribution in [0.5, 0.6) is 11.5 Å². The van der Waals surface area contributed by atoms with Gasteiger partial charge in [-0.05, 0) is 43.2 Å². The highest BCUT2D eigenvalue weighted by atomic mass is 16.6. The van der Waals surface area contributed by atoms with Crippen molar-refractivity contribution in [2.75, 3.05) is 46.4 Å². The average Bonchev–Trinajstić information content (AvgIpc) is 2.90. The second kappa shape index (κ2) is 12.8. The minimum Gasteiger partial charge on any atom is -0.497 e. The van der Waals surface area contributed by atoms with Crippen molar-refractivity contribution in [3.63, 3.8) is 0 Å². The first-order valence-corrected chi connectivity index (χ1v) is 11.9. The molecule has 2 aromatic rings. The van der Waals surface area contributed by atoms with Crippen molar-refractivity contribution in [1.82, 2.24) is 10.2 Å². The number of allylic oxidation sites excluding steroid dienone is 1. The number of carbonyl (C=O) groups excluding carboxylic acids is 3. The summed E-state index contributed by atoms with van der Waals surface area (Å²) in [5.41, 5.74) is 2.47. The van der Waals surface area contributed by atoms with Gasteiger partial charge in [0.15, 0.2) is 0 Å². The Kier molecular flexibility index (Phi) is 9.51. The van der Waals surface area contributed by atoms with Gasteiger partial charge in [-0.2, -0.15) is 0 Å². The molecule has 2 N–H and O–H groups in total. The molecule has 0 saturated carbocycles. The van der Waals surface area contributed by atoms with E-state index in [4.69, 9.17) is 18.9 Å². The topological polar surface area (TPSA) is 115 Å². The number of amides is 3. The molecule has 0 spiro atoms. The van der Waals surface area contributed by atoms with Crippen LogP contribution in [-0.2, 0) is 14.3 Å². The van der Waals surface area contributed by atoms with Crippen LogP contribution >= 0.6 is 0 Å². The Hall–Kier alpha value is -4.05. The first-order chi connectivity index (χ1) is 17.8. The van der Waals surface area contributed by atoms with Crippen LogP contribution < -0.4 is 20.1 Å². The molecule has 1 atom stereocenters. The Balaban J connectivity index is 1.85. The fourth-order valence-corrected chi connectivity index (χ4v) is 3.98. The highest BCUT2D eigenvalue weighted by Crippen LogP contribution is 2.32. The standard InChI is InChI=1S/C27H33N3O7/c1-6-11-30-17(2)23(26(32)37-13-12-34-3)24(29-27(30)33)18-7-9-20(10-8-18)28-25(31)19-14-21(35-4)16-22(15-19)36-5/h7-10,14-16,24H,6,11-13H2,1-5H3,(H,28,31)(H,29,33). The molecule has 0 aliphatic carbocycles. The van der Waals surface area contributed by atoms with E-state index in [1.165, 1.54) is 21.3 Å². The van der Waals surface area contributed by atoms with Gasteiger partial charge >= 0.3 is 12.0 Å². The van der Waals surface area contributed by atoms with E-state index >= 15 is 0 Å². The maximum Gasteiger partial charge on any atom is 0.338 e. The third-order valence-corrected chi connectivity index (χ3v) is 5.90. The van der Waals surface area contributed by atoms with Crippen LogP contribution in [0.4, 0.5) is 10.5 Å². The van der Waals surface area contributed by atoms with Gasteiger partial charge in [-0.1, -0.05) is 19.1 Å². The summed E-state index contributed by atoms with van der Waals surface area (Å²) in [4.78, 5) is 40.2. The van der Waals surface area contributed by atoms with Crippen LogP contribution in [0.15, 0.2) is 53.7 Å². The summed E-state index contributed by atoms with van der Waals surface area (Å²) >= 11 is 0. The van der Waals surface area contributed by atoms with Crippen LogP contribution in [0.25, 0.3) is 0 Å². The predicted molar refractivity (Wildman–Crippen MR) is 138 cm³/mol. The molecule has 37 heavy (non-hydrogen) atoms. The summed E-state index contributed by atoms with van der Waals surface area (Å²) in [5.74, 6) is 0.128. The number of benzene rings is 2. The number of carbonyl (C=O) groups is 3. The van der Waals surface area contributed by atoms with Crippen molar-refractivity contribution in [1.29, 1.82) is 0 Å². The Morgan fingerprint density at radius 3 is 2.22 bits per heavy atom. The van der Waals surface area contributed by atoms with Crippen LogP contribution in [-0.4, -0.2) is 63.9 Å². The van der Waals surface area contributed by atoms with Gasteiger partial charge in [-0.15, -0.1) is 0 Å². The molecule has 1 aliphatic heterocycles. The zero-order valence-electron chi connectivity index (χ0n) is 21.8. The van der Waals surface area contributed by atoms with Crippen molar-refractivity contribution < 1.29 is 33.3 Å². The number of nitrogens with zero attached hydrogens (tertiary/aromatic N) is 1. The zero-order chi connectivity index (χ0) is 26.9. The molecule has 10 nitrogen and oxygen atoms in total. The monoisotopic (exact) mass is 511 g/mol. The lowest BCUT2D eigenvalue weighted by Crippen LogP contribution is -2.48. The van der Waals surface area contributed by atoms with E-state index in [9.17, 15) is 14.4 Å². The highest BCUT2D eigenvalue weighted by Gasteiger charge is 2.36. The lowest BCUT2D eigenvalue weighted by Gasteiger charge is -2.35. The molecule has 2 aromatic carbocycles. The zero-order valence-corrected chi connectivity index (χ0v) is 21.8. The molecule has 0 fully saturated rings. The number of nitrogens with one attached hydrogen (secondary N) is 2.